The largest absolute Gasteiger partial charge is 0.469 e. The van der Waals surface area contributed by atoms with Crippen LogP contribution in [0.4, 0.5) is 0 Å². The normalized spacial score (nSPS) is 12.2. The van der Waals surface area contributed by atoms with E-state index in [0.29, 0.717) is 6.54 Å². The zero-order valence-corrected chi connectivity index (χ0v) is 12.5. The lowest BCUT2D eigenvalue weighted by atomic mass is 10.1. The Labute approximate surface area is 117 Å². The van der Waals surface area contributed by atoms with E-state index in [1.807, 2.05) is 19.1 Å². The number of halogens is 1. The van der Waals surface area contributed by atoms with Crippen LogP contribution in [0.2, 0.25) is 0 Å². The summed E-state index contributed by atoms with van der Waals surface area (Å²) in [6.07, 6.45) is 1.77. The molecule has 0 bridgehead atoms. The van der Waals surface area contributed by atoms with Crippen LogP contribution in [0.3, 0.4) is 0 Å². The van der Waals surface area contributed by atoms with E-state index in [9.17, 15) is 4.79 Å². The smallest absolute Gasteiger partial charge is 0.309 e. The van der Waals surface area contributed by atoms with Crippen LogP contribution in [-0.2, 0) is 16.0 Å². The first-order chi connectivity index (χ1) is 8.67. The number of nitrogens with one attached hydrogen (secondary N) is 1. The Hall–Kier alpha value is -0.870. The minimum absolute atomic E-state index is 0.0417. The number of esters is 1. The number of hydrogen-bond acceptors (Lipinski definition) is 3. The summed E-state index contributed by atoms with van der Waals surface area (Å²) in [5, 5.41) is 3.30. The molecule has 0 heterocycles. The van der Waals surface area contributed by atoms with E-state index >= 15 is 0 Å². The summed E-state index contributed by atoms with van der Waals surface area (Å²) in [6, 6.07) is 8.28. The topological polar surface area (TPSA) is 38.3 Å². The Bertz CT molecular complexity index is 365. The lowest BCUT2D eigenvalue weighted by Gasteiger charge is -2.13. The molecule has 0 spiro atoms. The van der Waals surface area contributed by atoms with Gasteiger partial charge in [-0.3, -0.25) is 4.79 Å². The zero-order valence-electron chi connectivity index (χ0n) is 10.9. The van der Waals surface area contributed by atoms with Gasteiger partial charge < -0.3 is 10.1 Å². The van der Waals surface area contributed by atoms with Gasteiger partial charge in [-0.25, -0.2) is 0 Å². The maximum Gasteiger partial charge on any atom is 0.309 e. The molecule has 0 aliphatic rings. The molecule has 0 saturated carbocycles. The number of carbonyl (C=O) groups excluding carboxylic acids is 1. The molecule has 0 fully saturated rings. The minimum atomic E-state index is -0.131. The molecule has 1 unspecified atom stereocenters. The molecule has 0 aliphatic carbocycles. The van der Waals surface area contributed by atoms with Crippen LogP contribution >= 0.6 is 15.9 Å². The Kier molecular flexibility index (Phi) is 6.98. The first-order valence-electron chi connectivity index (χ1n) is 6.20. The van der Waals surface area contributed by atoms with Crippen molar-refractivity contribution in [3.8, 4) is 0 Å². The molecule has 0 saturated heterocycles. The first-order valence-corrected chi connectivity index (χ1v) is 6.99. The third-order valence-corrected chi connectivity index (χ3v) is 3.45. The summed E-state index contributed by atoms with van der Waals surface area (Å²) < 4.78 is 5.84. The van der Waals surface area contributed by atoms with Gasteiger partial charge in [-0.15, -0.1) is 0 Å². The van der Waals surface area contributed by atoms with Crippen molar-refractivity contribution in [2.24, 2.45) is 5.92 Å². The molecule has 1 aromatic carbocycles. The fourth-order valence-electron chi connectivity index (χ4n) is 1.72. The van der Waals surface area contributed by atoms with Crippen molar-refractivity contribution >= 4 is 21.9 Å². The lowest BCUT2D eigenvalue weighted by molar-refractivity contribution is -0.145. The van der Waals surface area contributed by atoms with Crippen molar-refractivity contribution in [1.82, 2.24) is 5.32 Å². The van der Waals surface area contributed by atoms with Gasteiger partial charge in [0.2, 0.25) is 0 Å². The maximum atomic E-state index is 11.4. The Balaban J connectivity index is 2.25. The number of methoxy groups -OCH3 is 1. The highest BCUT2D eigenvalue weighted by atomic mass is 79.9. The van der Waals surface area contributed by atoms with Crippen molar-refractivity contribution < 1.29 is 9.53 Å². The second-order valence-electron chi connectivity index (χ2n) is 4.21. The quantitative estimate of drug-likeness (QED) is 0.621. The Morgan fingerprint density at radius 3 is 2.61 bits per heavy atom. The SMILES string of the molecule is CCC(CNCCc1ccc(Br)cc1)C(=O)OC. The van der Waals surface area contributed by atoms with Crippen LogP contribution in [0.5, 0.6) is 0 Å². The Morgan fingerprint density at radius 1 is 1.39 bits per heavy atom. The second kappa shape index (κ2) is 8.27. The Morgan fingerprint density at radius 2 is 2.06 bits per heavy atom. The molecule has 0 amide bonds. The first kappa shape index (κ1) is 15.2. The van der Waals surface area contributed by atoms with E-state index in [-0.39, 0.29) is 11.9 Å². The summed E-state index contributed by atoms with van der Waals surface area (Å²) in [5.41, 5.74) is 1.29. The van der Waals surface area contributed by atoms with Crippen LogP contribution in [0, 0.1) is 5.92 Å². The van der Waals surface area contributed by atoms with Crippen molar-refractivity contribution in [2.75, 3.05) is 20.2 Å². The highest BCUT2D eigenvalue weighted by molar-refractivity contribution is 9.10. The summed E-state index contributed by atoms with van der Waals surface area (Å²) in [7, 11) is 1.44. The summed E-state index contributed by atoms with van der Waals surface area (Å²) in [4.78, 5) is 11.4. The molecule has 1 rings (SSSR count). The number of hydrogen-bond donors (Lipinski definition) is 1. The van der Waals surface area contributed by atoms with Crippen LogP contribution in [0.25, 0.3) is 0 Å². The van der Waals surface area contributed by atoms with Crippen LogP contribution in [0.15, 0.2) is 28.7 Å². The summed E-state index contributed by atoms with van der Waals surface area (Å²) in [5.74, 6) is -0.173. The molecule has 4 heteroatoms. The molecule has 1 N–H and O–H groups in total. The molecule has 100 valence electrons. The van der Waals surface area contributed by atoms with E-state index in [0.717, 1.165) is 23.9 Å². The van der Waals surface area contributed by atoms with E-state index in [1.165, 1.54) is 12.7 Å². The highest BCUT2D eigenvalue weighted by Gasteiger charge is 2.15. The fraction of sp³-hybridized carbons (Fsp3) is 0.500. The van der Waals surface area contributed by atoms with Gasteiger partial charge in [0.15, 0.2) is 0 Å². The fourth-order valence-corrected chi connectivity index (χ4v) is 1.99. The van der Waals surface area contributed by atoms with Gasteiger partial charge in [-0.1, -0.05) is 35.0 Å². The lowest BCUT2D eigenvalue weighted by Crippen LogP contribution is -2.30. The summed E-state index contributed by atoms with van der Waals surface area (Å²) in [6.45, 7) is 3.55. The van der Waals surface area contributed by atoms with Crippen molar-refractivity contribution in [3.63, 3.8) is 0 Å². The number of carbonyl (C=O) groups is 1. The monoisotopic (exact) mass is 313 g/mol. The van der Waals surface area contributed by atoms with E-state index in [4.69, 9.17) is 4.74 Å². The maximum absolute atomic E-state index is 11.4. The molecular formula is C14H20BrNO2. The average Bonchev–Trinajstić information content (AvgIpc) is 2.40. The van der Waals surface area contributed by atoms with Gasteiger partial charge in [-0.05, 0) is 37.1 Å². The van der Waals surface area contributed by atoms with Gasteiger partial charge in [0.25, 0.3) is 0 Å². The van der Waals surface area contributed by atoms with Crippen molar-refractivity contribution in [2.45, 2.75) is 19.8 Å². The predicted octanol–water partition coefficient (Wildman–Crippen LogP) is 2.78. The standard InChI is InChI=1S/C14H20BrNO2/c1-3-12(14(17)18-2)10-16-9-8-11-4-6-13(15)7-5-11/h4-7,12,16H,3,8-10H2,1-2H3. The highest BCUT2D eigenvalue weighted by Crippen LogP contribution is 2.10. The molecule has 18 heavy (non-hydrogen) atoms. The molecule has 0 radical (unpaired) electrons. The van der Waals surface area contributed by atoms with Gasteiger partial charge in [0, 0.05) is 11.0 Å². The van der Waals surface area contributed by atoms with E-state index < -0.39 is 0 Å². The minimum Gasteiger partial charge on any atom is -0.469 e. The molecular weight excluding hydrogens is 294 g/mol. The van der Waals surface area contributed by atoms with Crippen molar-refractivity contribution in [1.29, 1.82) is 0 Å². The third-order valence-electron chi connectivity index (χ3n) is 2.92. The van der Waals surface area contributed by atoms with Crippen LogP contribution in [-0.4, -0.2) is 26.2 Å². The van der Waals surface area contributed by atoms with Crippen molar-refractivity contribution in [3.05, 3.63) is 34.3 Å². The number of rotatable bonds is 7. The molecule has 3 nitrogen and oxygen atoms in total. The van der Waals surface area contributed by atoms with Gasteiger partial charge in [-0.2, -0.15) is 0 Å². The van der Waals surface area contributed by atoms with Crippen LogP contribution in [0.1, 0.15) is 18.9 Å². The summed E-state index contributed by atoms with van der Waals surface area (Å²) >= 11 is 3.41. The molecule has 1 aromatic rings. The molecule has 0 aliphatic heterocycles. The van der Waals surface area contributed by atoms with E-state index in [2.05, 4.69) is 33.4 Å². The number of benzene rings is 1. The molecule has 1 atom stereocenters. The zero-order chi connectivity index (χ0) is 13.4. The van der Waals surface area contributed by atoms with E-state index in [1.54, 1.807) is 0 Å². The number of ether oxygens (including phenoxy) is 1. The third kappa shape index (κ3) is 5.19. The van der Waals surface area contributed by atoms with Gasteiger partial charge >= 0.3 is 5.97 Å². The molecule has 0 aromatic heterocycles. The van der Waals surface area contributed by atoms with Gasteiger partial charge in [0.05, 0.1) is 13.0 Å². The van der Waals surface area contributed by atoms with Gasteiger partial charge in [0.1, 0.15) is 0 Å². The predicted molar refractivity (Wildman–Crippen MR) is 76.5 cm³/mol. The van der Waals surface area contributed by atoms with Crippen LogP contribution < -0.4 is 5.32 Å². The second-order valence-corrected chi connectivity index (χ2v) is 5.12. The average molecular weight is 314 g/mol.